The third-order valence-electron chi connectivity index (χ3n) is 1.63. The summed E-state index contributed by atoms with van der Waals surface area (Å²) in [5.74, 6) is 0. The van der Waals surface area contributed by atoms with Crippen LogP contribution >= 0.6 is 23.7 Å². The largest absolute Gasteiger partial charge is 0.326 e. The van der Waals surface area contributed by atoms with Crippen LogP contribution in [0.5, 0.6) is 0 Å². The molecule has 0 amide bonds. The number of hydrogen-bond acceptors (Lipinski definition) is 3. The summed E-state index contributed by atoms with van der Waals surface area (Å²) in [5, 5.41) is 0. The molecule has 0 saturated heterocycles. The molecule has 1 aromatic heterocycles. The van der Waals surface area contributed by atoms with Crippen LogP contribution in [-0.2, 0) is 6.54 Å². The number of halogens is 1. The number of rotatable bonds is 1. The predicted molar refractivity (Wildman–Crippen MR) is 54.8 cm³/mol. The Morgan fingerprint density at radius 1 is 1.42 bits per heavy atom. The monoisotopic (exact) mass is 200 g/mol. The van der Waals surface area contributed by atoms with E-state index in [1.165, 1.54) is 4.70 Å². The van der Waals surface area contributed by atoms with E-state index < -0.39 is 0 Å². The van der Waals surface area contributed by atoms with Crippen LogP contribution in [0.15, 0.2) is 23.7 Å². The second-order valence-corrected chi connectivity index (χ2v) is 3.24. The normalized spacial score (nSPS) is 9.75. The van der Waals surface area contributed by atoms with Gasteiger partial charge in [-0.15, -0.1) is 23.7 Å². The number of nitrogens with zero attached hydrogens (tertiary/aromatic N) is 1. The summed E-state index contributed by atoms with van der Waals surface area (Å²) in [5.41, 5.74) is 9.53. The molecule has 0 aliphatic rings. The van der Waals surface area contributed by atoms with Gasteiger partial charge in [-0.05, 0) is 17.7 Å². The average molecular weight is 201 g/mol. The SMILES string of the molecule is Cl.NCc1ccc2scnc2c1. The Balaban J connectivity index is 0.000000720. The molecule has 0 atom stereocenters. The van der Waals surface area contributed by atoms with Crippen molar-refractivity contribution in [1.82, 2.24) is 4.98 Å². The van der Waals surface area contributed by atoms with Crippen LogP contribution < -0.4 is 5.73 Å². The Morgan fingerprint density at radius 3 is 3.00 bits per heavy atom. The van der Waals surface area contributed by atoms with Crippen LogP contribution in [0.3, 0.4) is 0 Å². The lowest BCUT2D eigenvalue weighted by Gasteiger charge is -1.93. The lowest BCUT2D eigenvalue weighted by atomic mass is 10.2. The highest BCUT2D eigenvalue weighted by atomic mass is 35.5. The van der Waals surface area contributed by atoms with E-state index in [-0.39, 0.29) is 12.4 Å². The van der Waals surface area contributed by atoms with Crippen LogP contribution in [0.25, 0.3) is 10.2 Å². The van der Waals surface area contributed by atoms with Gasteiger partial charge in [0.05, 0.1) is 15.7 Å². The highest BCUT2D eigenvalue weighted by molar-refractivity contribution is 7.16. The second-order valence-electron chi connectivity index (χ2n) is 2.36. The topological polar surface area (TPSA) is 38.9 Å². The summed E-state index contributed by atoms with van der Waals surface area (Å²) >= 11 is 1.65. The quantitative estimate of drug-likeness (QED) is 0.767. The lowest BCUT2D eigenvalue weighted by molar-refractivity contribution is 1.07. The maximum absolute atomic E-state index is 5.49. The van der Waals surface area contributed by atoms with Gasteiger partial charge >= 0.3 is 0 Å². The zero-order valence-corrected chi connectivity index (χ0v) is 7.99. The van der Waals surface area contributed by atoms with Crippen molar-refractivity contribution in [2.75, 3.05) is 0 Å². The van der Waals surface area contributed by atoms with E-state index in [0.717, 1.165) is 11.1 Å². The fourth-order valence-corrected chi connectivity index (χ4v) is 1.69. The third kappa shape index (κ3) is 1.58. The molecule has 0 aliphatic heterocycles. The van der Waals surface area contributed by atoms with E-state index in [2.05, 4.69) is 11.1 Å². The first-order chi connectivity index (χ1) is 5.40. The fraction of sp³-hybridized carbons (Fsp3) is 0.125. The Bertz CT molecular complexity index is 372. The minimum Gasteiger partial charge on any atom is -0.326 e. The Morgan fingerprint density at radius 2 is 2.25 bits per heavy atom. The van der Waals surface area contributed by atoms with Gasteiger partial charge in [0.1, 0.15) is 0 Å². The molecule has 0 bridgehead atoms. The van der Waals surface area contributed by atoms with Crippen molar-refractivity contribution in [3.05, 3.63) is 29.3 Å². The van der Waals surface area contributed by atoms with Gasteiger partial charge < -0.3 is 5.73 Å². The van der Waals surface area contributed by atoms with Crippen molar-refractivity contribution in [2.45, 2.75) is 6.54 Å². The first kappa shape index (κ1) is 9.45. The molecule has 2 aromatic rings. The predicted octanol–water partition coefficient (Wildman–Crippen LogP) is 2.18. The van der Waals surface area contributed by atoms with Gasteiger partial charge in [-0.1, -0.05) is 6.07 Å². The first-order valence-corrected chi connectivity index (χ1v) is 4.30. The molecular formula is C8H9ClN2S. The molecule has 2 nitrogen and oxygen atoms in total. The van der Waals surface area contributed by atoms with Crippen molar-refractivity contribution in [1.29, 1.82) is 0 Å². The molecule has 2 N–H and O–H groups in total. The van der Waals surface area contributed by atoms with Crippen molar-refractivity contribution in [2.24, 2.45) is 5.73 Å². The van der Waals surface area contributed by atoms with Gasteiger partial charge in [0.25, 0.3) is 0 Å². The first-order valence-electron chi connectivity index (χ1n) is 3.42. The summed E-state index contributed by atoms with van der Waals surface area (Å²) < 4.78 is 1.22. The number of aromatic nitrogens is 1. The molecule has 64 valence electrons. The number of nitrogens with two attached hydrogens (primary N) is 1. The maximum atomic E-state index is 5.49. The van der Waals surface area contributed by atoms with Gasteiger partial charge in [-0.2, -0.15) is 0 Å². The van der Waals surface area contributed by atoms with Crippen LogP contribution in [0.1, 0.15) is 5.56 Å². The molecule has 1 aromatic carbocycles. The standard InChI is InChI=1S/C8H8N2S.ClH/c9-4-6-1-2-8-7(3-6)10-5-11-8;/h1-3,5H,4,9H2;1H. The van der Waals surface area contributed by atoms with Crippen molar-refractivity contribution in [3.63, 3.8) is 0 Å². The van der Waals surface area contributed by atoms with Gasteiger partial charge in [0.2, 0.25) is 0 Å². The Kier molecular flexibility index (Phi) is 3.03. The van der Waals surface area contributed by atoms with Crippen molar-refractivity contribution >= 4 is 34.0 Å². The van der Waals surface area contributed by atoms with Crippen LogP contribution in [0, 0.1) is 0 Å². The highest BCUT2D eigenvalue weighted by Crippen LogP contribution is 2.18. The molecule has 0 radical (unpaired) electrons. The maximum Gasteiger partial charge on any atom is 0.0815 e. The van der Waals surface area contributed by atoms with E-state index in [0.29, 0.717) is 6.54 Å². The molecule has 12 heavy (non-hydrogen) atoms. The Labute approximate surface area is 80.8 Å². The molecule has 0 spiro atoms. The fourth-order valence-electron chi connectivity index (χ4n) is 1.03. The molecular weight excluding hydrogens is 192 g/mol. The number of thiazole rings is 1. The van der Waals surface area contributed by atoms with Crippen LogP contribution in [-0.4, -0.2) is 4.98 Å². The van der Waals surface area contributed by atoms with Crippen molar-refractivity contribution < 1.29 is 0 Å². The number of fused-ring (bicyclic) bond motifs is 1. The minimum atomic E-state index is 0. The molecule has 0 unspecified atom stereocenters. The van der Waals surface area contributed by atoms with E-state index in [4.69, 9.17) is 5.73 Å². The van der Waals surface area contributed by atoms with E-state index in [1.807, 2.05) is 17.6 Å². The van der Waals surface area contributed by atoms with E-state index in [9.17, 15) is 0 Å². The van der Waals surface area contributed by atoms with E-state index in [1.54, 1.807) is 11.3 Å². The van der Waals surface area contributed by atoms with E-state index >= 15 is 0 Å². The molecule has 0 aliphatic carbocycles. The van der Waals surface area contributed by atoms with Crippen LogP contribution in [0.4, 0.5) is 0 Å². The molecule has 1 heterocycles. The summed E-state index contributed by atoms with van der Waals surface area (Å²) in [7, 11) is 0. The average Bonchev–Trinajstić information content (AvgIpc) is 2.50. The number of hydrogen-bond donors (Lipinski definition) is 1. The summed E-state index contributed by atoms with van der Waals surface area (Å²) in [6.45, 7) is 0.591. The second kappa shape index (κ2) is 3.85. The molecule has 0 saturated carbocycles. The van der Waals surface area contributed by atoms with Gasteiger partial charge in [0.15, 0.2) is 0 Å². The van der Waals surface area contributed by atoms with Gasteiger partial charge in [0, 0.05) is 6.54 Å². The number of benzene rings is 1. The third-order valence-corrected chi connectivity index (χ3v) is 2.44. The highest BCUT2D eigenvalue weighted by Gasteiger charge is 1.95. The van der Waals surface area contributed by atoms with Crippen molar-refractivity contribution in [3.8, 4) is 0 Å². The minimum absolute atomic E-state index is 0. The molecule has 4 heteroatoms. The summed E-state index contributed by atoms with van der Waals surface area (Å²) in [6, 6.07) is 6.14. The Hall–Kier alpha value is -0.640. The lowest BCUT2D eigenvalue weighted by Crippen LogP contribution is -1.94. The smallest absolute Gasteiger partial charge is 0.0815 e. The summed E-state index contributed by atoms with van der Waals surface area (Å²) in [4.78, 5) is 4.19. The molecule has 2 rings (SSSR count). The zero-order valence-electron chi connectivity index (χ0n) is 6.36. The van der Waals surface area contributed by atoms with Gasteiger partial charge in [-0.3, -0.25) is 0 Å². The van der Waals surface area contributed by atoms with Crippen LogP contribution in [0.2, 0.25) is 0 Å². The molecule has 0 fully saturated rings. The van der Waals surface area contributed by atoms with Gasteiger partial charge in [-0.25, -0.2) is 4.98 Å². The summed E-state index contributed by atoms with van der Waals surface area (Å²) in [6.07, 6.45) is 0. The zero-order chi connectivity index (χ0) is 7.68.